The summed E-state index contributed by atoms with van der Waals surface area (Å²) in [5.41, 5.74) is 1.48. The van der Waals surface area contributed by atoms with Crippen molar-refractivity contribution in [2.75, 3.05) is 6.26 Å². The van der Waals surface area contributed by atoms with Gasteiger partial charge >= 0.3 is 0 Å². The molecule has 0 saturated heterocycles. The highest BCUT2D eigenvalue weighted by Gasteiger charge is 2.14. The Balaban J connectivity index is 2.30. The number of hydrogen-bond donors (Lipinski definition) is 0. The third-order valence-corrected chi connectivity index (χ3v) is 3.60. The van der Waals surface area contributed by atoms with Crippen LogP contribution in [-0.4, -0.2) is 30.0 Å². The first-order valence-electron chi connectivity index (χ1n) is 5.47. The Hall–Kier alpha value is -1.79. The van der Waals surface area contributed by atoms with Crippen LogP contribution in [0.15, 0.2) is 41.7 Å². The number of benzene rings is 1. The molecule has 1 unspecified atom stereocenters. The van der Waals surface area contributed by atoms with E-state index in [2.05, 4.69) is 15.1 Å². The zero-order valence-corrected chi connectivity index (χ0v) is 11.5. The van der Waals surface area contributed by atoms with Crippen molar-refractivity contribution in [1.29, 1.82) is 0 Å². The summed E-state index contributed by atoms with van der Waals surface area (Å²) >= 11 is 6.07. The lowest BCUT2D eigenvalue weighted by Gasteiger charge is -2.01. The Bertz CT molecular complexity index is 772. The highest BCUT2D eigenvalue weighted by atomic mass is 35.5. The number of halogens is 1. The molecule has 1 atom stereocenters. The molecule has 0 spiro atoms. The maximum absolute atomic E-state index is 11.5. The molecule has 5 nitrogen and oxygen atoms in total. The Morgan fingerprint density at radius 2 is 2.00 bits per heavy atom. The highest BCUT2D eigenvalue weighted by molar-refractivity contribution is 7.84. The van der Waals surface area contributed by atoms with Crippen molar-refractivity contribution in [3.05, 3.63) is 41.7 Å². The molecule has 2 heterocycles. The first kappa shape index (κ1) is 12.3. The molecule has 0 radical (unpaired) electrons. The van der Waals surface area contributed by atoms with Crippen molar-refractivity contribution < 1.29 is 4.21 Å². The van der Waals surface area contributed by atoms with E-state index in [9.17, 15) is 4.21 Å². The SMILES string of the molecule is CS(=O)c1ncc2c(Cl)nc(-c3ccccc3)n2n1. The molecule has 0 aliphatic heterocycles. The maximum Gasteiger partial charge on any atom is 0.237 e. The molecular formula is C12H9ClN4OS. The van der Waals surface area contributed by atoms with Crippen LogP contribution in [0.25, 0.3) is 16.9 Å². The lowest BCUT2D eigenvalue weighted by atomic mass is 10.2. The summed E-state index contributed by atoms with van der Waals surface area (Å²) in [5.74, 6) is 0.606. The number of rotatable bonds is 2. The van der Waals surface area contributed by atoms with Crippen molar-refractivity contribution in [3.8, 4) is 11.4 Å². The van der Waals surface area contributed by atoms with E-state index in [1.807, 2.05) is 30.3 Å². The topological polar surface area (TPSA) is 60.2 Å². The van der Waals surface area contributed by atoms with E-state index in [1.54, 1.807) is 4.52 Å². The molecule has 19 heavy (non-hydrogen) atoms. The molecule has 2 aromatic heterocycles. The lowest BCUT2D eigenvalue weighted by molar-refractivity contribution is 0.672. The number of imidazole rings is 1. The molecule has 7 heteroatoms. The normalized spacial score (nSPS) is 12.7. The van der Waals surface area contributed by atoms with Gasteiger partial charge in [0.05, 0.1) is 17.0 Å². The minimum absolute atomic E-state index is 0.249. The number of aromatic nitrogens is 4. The minimum atomic E-state index is -1.25. The van der Waals surface area contributed by atoms with Gasteiger partial charge in [-0.15, -0.1) is 5.10 Å². The first-order valence-corrected chi connectivity index (χ1v) is 7.40. The van der Waals surface area contributed by atoms with Gasteiger partial charge in [-0.05, 0) is 0 Å². The van der Waals surface area contributed by atoms with Gasteiger partial charge in [0.25, 0.3) is 0 Å². The van der Waals surface area contributed by atoms with Gasteiger partial charge in [-0.2, -0.15) is 0 Å². The molecule has 0 N–H and O–H groups in total. The monoisotopic (exact) mass is 292 g/mol. The predicted molar refractivity (Wildman–Crippen MR) is 73.6 cm³/mol. The second kappa shape index (κ2) is 4.71. The van der Waals surface area contributed by atoms with Crippen LogP contribution in [0.1, 0.15) is 0 Å². The van der Waals surface area contributed by atoms with Crippen LogP contribution in [0, 0.1) is 0 Å². The zero-order chi connectivity index (χ0) is 13.4. The summed E-state index contributed by atoms with van der Waals surface area (Å²) in [5, 5.41) is 4.81. The van der Waals surface area contributed by atoms with Crippen LogP contribution in [0.3, 0.4) is 0 Å². The van der Waals surface area contributed by atoms with E-state index >= 15 is 0 Å². The predicted octanol–water partition coefficient (Wildman–Crippen LogP) is 2.18. The molecule has 0 bridgehead atoms. The number of nitrogens with zero attached hydrogens (tertiary/aromatic N) is 4. The van der Waals surface area contributed by atoms with Crippen LogP contribution in [0.2, 0.25) is 5.15 Å². The van der Waals surface area contributed by atoms with E-state index in [1.165, 1.54) is 12.5 Å². The summed E-state index contributed by atoms with van der Waals surface area (Å²) in [6.07, 6.45) is 3.06. The molecule has 3 aromatic rings. The van der Waals surface area contributed by atoms with Crippen molar-refractivity contribution in [1.82, 2.24) is 19.6 Å². The van der Waals surface area contributed by atoms with Crippen molar-refractivity contribution in [2.24, 2.45) is 0 Å². The molecule has 0 aliphatic carbocycles. The van der Waals surface area contributed by atoms with E-state index in [0.29, 0.717) is 16.5 Å². The summed E-state index contributed by atoms with van der Waals surface area (Å²) in [4.78, 5) is 8.31. The maximum atomic E-state index is 11.5. The van der Waals surface area contributed by atoms with Crippen LogP contribution in [-0.2, 0) is 10.8 Å². The lowest BCUT2D eigenvalue weighted by Crippen LogP contribution is -2.03. The minimum Gasteiger partial charge on any atom is -0.251 e. The average Bonchev–Trinajstić information content (AvgIpc) is 2.77. The van der Waals surface area contributed by atoms with Gasteiger partial charge in [-0.3, -0.25) is 4.21 Å². The Morgan fingerprint density at radius 1 is 1.26 bits per heavy atom. The van der Waals surface area contributed by atoms with Gasteiger partial charge in [0.1, 0.15) is 5.52 Å². The average molecular weight is 293 g/mol. The van der Waals surface area contributed by atoms with E-state index in [0.717, 1.165) is 5.56 Å². The van der Waals surface area contributed by atoms with Crippen LogP contribution >= 0.6 is 11.6 Å². The van der Waals surface area contributed by atoms with E-state index in [4.69, 9.17) is 11.6 Å². The highest BCUT2D eigenvalue weighted by Crippen LogP contribution is 2.24. The van der Waals surface area contributed by atoms with Gasteiger partial charge in [-0.1, -0.05) is 41.9 Å². The Morgan fingerprint density at radius 3 is 2.68 bits per heavy atom. The Kier molecular flexibility index (Phi) is 3.04. The molecule has 0 aliphatic rings. The van der Waals surface area contributed by atoms with E-state index in [-0.39, 0.29) is 5.16 Å². The zero-order valence-electron chi connectivity index (χ0n) is 9.95. The molecule has 0 saturated carbocycles. The molecule has 96 valence electrons. The third kappa shape index (κ3) is 2.13. The molecular weight excluding hydrogens is 284 g/mol. The van der Waals surface area contributed by atoms with Crippen LogP contribution in [0.5, 0.6) is 0 Å². The third-order valence-electron chi connectivity index (χ3n) is 2.62. The molecule has 0 fully saturated rings. The largest absolute Gasteiger partial charge is 0.251 e. The van der Waals surface area contributed by atoms with Crippen molar-refractivity contribution >= 4 is 27.9 Å². The first-order chi connectivity index (χ1) is 9.16. The molecule has 0 amide bonds. The van der Waals surface area contributed by atoms with Crippen LogP contribution < -0.4 is 0 Å². The fourth-order valence-corrected chi connectivity index (χ4v) is 2.35. The van der Waals surface area contributed by atoms with Gasteiger partial charge in [0.15, 0.2) is 11.0 Å². The van der Waals surface area contributed by atoms with Gasteiger partial charge < -0.3 is 0 Å². The standard InChI is InChI=1S/C12H9ClN4OS/c1-19(18)12-14-7-9-10(13)15-11(17(9)16-12)8-5-3-2-4-6-8/h2-7H,1H3. The summed E-state index contributed by atoms with van der Waals surface area (Å²) in [6, 6.07) is 9.56. The number of fused-ring (bicyclic) bond motifs is 1. The van der Waals surface area contributed by atoms with Gasteiger partial charge in [0, 0.05) is 11.8 Å². The van der Waals surface area contributed by atoms with Gasteiger partial charge in [0.2, 0.25) is 5.16 Å². The van der Waals surface area contributed by atoms with Gasteiger partial charge in [-0.25, -0.2) is 14.5 Å². The van der Waals surface area contributed by atoms with Crippen molar-refractivity contribution in [2.45, 2.75) is 5.16 Å². The van der Waals surface area contributed by atoms with E-state index < -0.39 is 10.8 Å². The van der Waals surface area contributed by atoms with Crippen LogP contribution in [0.4, 0.5) is 0 Å². The fraction of sp³-hybridized carbons (Fsp3) is 0.0833. The molecule has 3 rings (SSSR count). The second-order valence-electron chi connectivity index (χ2n) is 3.88. The summed E-state index contributed by atoms with van der Waals surface area (Å²) in [6.45, 7) is 0. The number of hydrogen-bond acceptors (Lipinski definition) is 4. The summed E-state index contributed by atoms with van der Waals surface area (Å²) < 4.78 is 13.0. The Labute approximate surface area is 116 Å². The van der Waals surface area contributed by atoms with Crippen molar-refractivity contribution in [3.63, 3.8) is 0 Å². The second-order valence-corrected chi connectivity index (χ2v) is 5.52. The quantitative estimate of drug-likeness (QED) is 0.726. The molecule has 1 aromatic carbocycles. The summed E-state index contributed by atoms with van der Waals surface area (Å²) in [7, 11) is -1.25. The smallest absolute Gasteiger partial charge is 0.237 e. The fourth-order valence-electron chi connectivity index (χ4n) is 1.74.